The maximum Gasteiger partial charge on any atom is 0.235 e. The molecule has 0 aliphatic carbocycles. The van der Waals surface area contributed by atoms with Gasteiger partial charge in [0.15, 0.2) is 0 Å². The standard InChI is InChI=1S/C52H33N5/c1-4-14-34(15-5-1)35-24-26-36(27-25-35)49-43-21-10-12-22-45(43)53-52(54-49)57-48-32-37-30-31-55(38-16-6-2-7-17-38)47(37)33-44(48)42-29-28-41-40-20-11-13-23-46(40)56(50(41)51(42)57)39-18-8-3-9-19-39/h1-33H. The van der Waals surface area contributed by atoms with E-state index in [1.165, 1.54) is 21.9 Å². The molecule has 0 aliphatic rings. The molecule has 5 nitrogen and oxygen atoms in total. The summed E-state index contributed by atoms with van der Waals surface area (Å²) >= 11 is 0. The van der Waals surface area contributed by atoms with E-state index in [4.69, 9.17) is 9.97 Å². The Bertz CT molecular complexity index is 3490. The fourth-order valence-electron chi connectivity index (χ4n) is 8.88. The van der Waals surface area contributed by atoms with Gasteiger partial charge in [0.25, 0.3) is 0 Å². The molecule has 57 heavy (non-hydrogen) atoms. The summed E-state index contributed by atoms with van der Waals surface area (Å²) in [6, 6.07) is 69.1. The molecule has 4 aromatic heterocycles. The normalized spacial score (nSPS) is 11.9. The van der Waals surface area contributed by atoms with Crippen LogP contribution in [0.5, 0.6) is 0 Å². The molecule has 0 aliphatic heterocycles. The van der Waals surface area contributed by atoms with Crippen LogP contribution in [-0.2, 0) is 0 Å². The maximum atomic E-state index is 5.55. The van der Waals surface area contributed by atoms with E-state index in [0.29, 0.717) is 5.95 Å². The van der Waals surface area contributed by atoms with Crippen molar-refractivity contribution in [1.82, 2.24) is 23.7 Å². The SMILES string of the molecule is c1ccc(-c2ccc(-c3nc(-n4c5cc6ccn(-c7ccccc7)c6cc5c5ccc6c7ccccc7n(-c7ccccc7)c6c54)nc4ccccc34)cc2)cc1. The highest BCUT2D eigenvalue weighted by Gasteiger charge is 2.24. The van der Waals surface area contributed by atoms with Gasteiger partial charge in [-0.15, -0.1) is 0 Å². The van der Waals surface area contributed by atoms with Gasteiger partial charge >= 0.3 is 0 Å². The number of nitrogens with zero attached hydrogens (tertiary/aromatic N) is 5. The Morgan fingerprint density at radius 2 is 0.947 bits per heavy atom. The second-order valence-corrected chi connectivity index (χ2v) is 14.7. The molecule has 0 spiro atoms. The van der Waals surface area contributed by atoms with Gasteiger partial charge in [0.1, 0.15) is 0 Å². The van der Waals surface area contributed by atoms with Crippen molar-refractivity contribution >= 4 is 65.4 Å². The van der Waals surface area contributed by atoms with Gasteiger partial charge in [0.05, 0.1) is 38.8 Å². The summed E-state index contributed by atoms with van der Waals surface area (Å²) < 4.78 is 7.01. The van der Waals surface area contributed by atoms with E-state index in [9.17, 15) is 0 Å². The number of fused-ring (bicyclic) bond motifs is 9. The summed E-state index contributed by atoms with van der Waals surface area (Å²) in [7, 11) is 0. The third-order valence-electron chi connectivity index (χ3n) is 11.5. The molecule has 5 heteroatoms. The highest BCUT2D eigenvalue weighted by molar-refractivity contribution is 6.25. The van der Waals surface area contributed by atoms with Crippen LogP contribution in [0.3, 0.4) is 0 Å². The Labute approximate surface area is 328 Å². The summed E-state index contributed by atoms with van der Waals surface area (Å²) in [6.45, 7) is 0. The van der Waals surface area contributed by atoms with Gasteiger partial charge in [0, 0.05) is 55.5 Å². The van der Waals surface area contributed by atoms with Crippen LogP contribution in [0.15, 0.2) is 200 Å². The minimum Gasteiger partial charge on any atom is -0.317 e. The average Bonchev–Trinajstić information content (AvgIpc) is 3.96. The van der Waals surface area contributed by atoms with E-state index in [0.717, 1.165) is 77.3 Å². The molecule has 12 rings (SSSR count). The molecule has 4 heterocycles. The monoisotopic (exact) mass is 727 g/mol. The van der Waals surface area contributed by atoms with E-state index in [2.05, 4.69) is 214 Å². The zero-order chi connectivity index (χ0) is 37.5. The molecular formula is C52H33N5. The van der Waals surface area contributed by atoms with Gasteiger partial charge in [-0.3, -0.25) is 4.57 Å². The highest BCUT2D eigenvalue weighted by Crippen LogP contribution is 2.43. The lowest BCUT2D eigenvalue weighted by atomic mass is 10.0. The Hall–Kier alpha value is -7.76. The van der Waals surface area contributed by atoms with Gasteiger partial charge in [-0.25, -0.2) is 9.97 Å². The van der Waals surface area contributed by atoms with Gasteiger partial charge in [0.2, 0.25) is 5.95 Å². The topological polar surface area (TPSA) is 40.6 Å². The van der Waals surface area contributed by atoms with Crippen molar-refractivity contribution in [3.8, 4) is 39.7 Å². The van der Waals surface area contributed by atoms with Crippen LogP contribution in [0.4, 0.5) is 0 Å². The summed E-state index contributed by atoms with van der Waals surface area (Å²) in [5.74, 6) is 0.634. The van der Waals surface area contributed by atoms with Crippen LogP contribution in [0.1, 0.15) is 0 Å². The van der Waals surface area contributed by atoms with Gasteiger partial charge in [-0.2, -0.15) is 0 Å². The molecule has 0 fully saturated rings. The van der Waals surface area contributed by atoms with E-state index >= 15 is 0 Å². The Morgan fingerprint density at radius 1 is 0.351 bits per heavy atom. The number of rotatable bonds is 5. The first-order valence-corrected chi connectivity index (χ1v) is 19.3. The van der Waals surface area contributed by atoms with E-state index in [1.807, 2.05) is 0 Å². The van der Waals surface area contributed by atoms with Gasteiger partial charge < -0.3 is 9.13 Å². The zero-order valence-corrected chi connectivity index (χ0v) is 30.8. The second-order valence-electron chi connectivity index (χ2n) is 14.7. The van der Waals surface area contributed by atoms with Gasteiger partial charge in [-0.05, 0) is 65.7 Å². The summed E-state index contributed by atoms with van der Waals surface area (Å²) in [6.07, 6.45) is 2.17. The summed E-state index contributed by atoms with van der Waals surface area (Å²) in [4.78, 5) is 11.0. The molecule has 0 N–H and O–H groups in total. The smallest absolute Gasteiger partial charge is 0.235 e. The van der Waals surface area contributed by atoms with Crippen LogP contribution in [0, 0.1) is 0 Å². The lowest BCUT2D eigenvalue weighted by molar-refractivity contribution is 1.01. The van der Waals surface area contributed by atoms with Crippen molar-refractivity contribution in [3.05, 3.63) is 200 Å². The van der Waals surface area contributed by atoms with Gasteiger partial charge in [-0.1, -0.05) is 140 Å². The number of aromatic nitrogens is 5. The van der Waals surface area contributed by atoms with Crippen LogP contribution in [0.25, 0.3) is 105 Å². The van der Waals surface area contributed by atoms with Crippen molar-refractivity contribution < 1.29 is 0 Å². The van der Waals surface area contributed by atoms with Crippen LogP contribution in [-0.4, -0.2) is 23.7 Å². The zero-order valence-electron chi connectivity index (χ0n) is 30.8. The van der Waals surface area contributed by atoms with Crippen LogP contribution >= 0.6 is 0 Å². The predicted octanol–water partition coefficient (Wildman–Crippen LogP) is 13.1. The average molecular weight is 728 g/mol. The molecule has 0 radical (unpaired) electrons. The molecule has 0 bridgehead atoms. The molecule has 0 saturated heterocycles. The number of para-hydroxylation sites is 4. The second kappa shape index (κ2) is 12.4. The lowest BCUT2D eigenvalue weighted by Gasteiger charge is -2.14. The number of hydrogen-bond donors (Lipinski definition) is 0. The first-order valence-electron chi connectivity index (χ1n) is 19.3. The summed E-state index contributed by atoms with van der Waals surface area (Å²) in [5, 5.41) is 6.83. The Kier molecular flexibility index (Phi) is 6.86. The van der Waals surface area contributed by atoms with Crippen molar-refractivity contribution in [2.45, 2.75) is 0 Å². The van der Waals surface area contributed by atoms with Crippen LogP contribution in [0.2, 0.25) is 0 Å². The first-order chi connectivity index (χ1) is 28.3. The minimum atomic E-state index is 0.634. The third-order valence-corrected chi connectivity index (χ3v) is 11.5. The Balaban J connectivity index is 1.21. The van der Waals surface area contributed by atoms with E-state index in [-0.39, 0.29) is 0 Å². The third kappa shape index (κ3) is 4.82. The van der Waals surface area contributed by atoms with Crippen LogP contribution < -0.4 is 0 Å². The molecule has 0 saturated carbocycles. The molecule has 266 valence electrons. The largest absolute Gasteiger partial charge is 0.317 e. The van der Waals surface area contributed by atoms with Crippen molar-refractivity contribution in [2.75, 3.05) is 0 Å². The van der Waals surface area contributed by atoms with Crippen molar-refractivity contribution in [3.63, 3.8) is 0 Å². The minimum absolute atomic E-state index is 0.634. The molecule has 8 aromatic carbocycles. The fraction of sp³-hybridized carbons (Fsp3) is 0. The van der Waals surface area contributed by atoms with Crippen molar-refractivity contribution in [1.29, 1.82) is 0 Å². The molecule has 12 aromatic rings. The maximum absolute atomic E-state index is 5.55. The lowest BCUT2D eigenvalue weighted by Crippen LogP contribution is -2.05. The van der Waals surface area contributed by atoms with Crippen molar-refractivity contribution in [2.24, 2.45) is 0 Å². The fourth-order valence-corrected chi connectivity index (χ4v) is 8.88. The van der Waals surface area contributed by atoms with E-state index in [1.54, 1.807) is 0 Å². The van der Waals surface area contributed by atoms with E-state index < -0.39 is 0 Å². The summed E-state index contributed by atoms with van der Waals surface area (Å²) in [5.41, 5.74) is 13.0. The molecular weight excluding hydrogens is 695 g/mol. The Morgan fingerprint density at radius 3 is 1.72 bits per heavy atom. The predicted molar refractivity (Wildman–Crippen MR) is 236 cm³/mol. The highest BCUT2D eigenvalue weighted by atomic mass is 15.2. The quantitative estimate of drug-likeness (QED) is 0.177. The molecule has 0 amide bonds. The first kappa shape index (κ1) is 31.6. The molecule has 0 atom stereocenters. The number of hydrogen-bond acceptors (Lipinski definition) is 2. The molecule has 0 unspecified atom stereocenters. The number of benzene rings is 8.